The molecule has 2 aromatic carbocycles. The van der Waals surface area contributed by atoms with E-state index in [9.17, 15) is 9.59 Å². The van der Waals surface area contributed by atoms with Gasteiger partial charge in [-0.25, -0.2) is 0 Å². The van der Waals surface area contributed by atoms with Crippen molar-refractivity contribution in [2.75, 3.05) is 13.2 Å². The van der Waals surface area contributed by atoms with Gasteiger partial charge in [-0.2, -0.15) is 0 Å². The molecular weight excluding hydrogens is 364 g/mol. The molecule has 0 saturated carbocycles. The summed E-state index contributed by atoms with van der Waals surface area (Å²) in [6, 6.07) is 13.1. The number of nitrogens with zero attached hydrogens (tertiary/aromatic N) is 1. The first-order valence-electron chi connectivity index (χ1n) is 10.1. The molecule has 0 heterocycles. The van der Waals surface area contributed by atoms with E-state index in [-0.39, 0.29) is 18.4 Å². The number of amides is 2. The molecule has 0 bridgehead atoms. The van der Waals surface area contributed by atoms with Crippen molar-refractivity contribution in [3.63, 3.8) is 0 Å². The van der Waals surface area contributed by atoms with Crippen LogP contribution in [0.25, 0.3) is 0 Å². The lowest BCUT2D eigenvalue weighted by atomic mass is 10.1. The van der Waals surface area contributed by atoms with Crippen molar-refractivity contribution >= 4 is 11.8 Å². The quantitative estimate of drug-likeness (QED) is 0.699. The second-order valence-electron chi connectivity index (χ2n) is 7.45. The van der Waals surface area contributed by atoms with Crippen LogP contribution in [0.15, 0.2) is 42.5 Å². The molecule has 0 spiro atoms. The predicted molar refractivity (Wildman–Crippen MR) is 116 cm³/mol. The lowest BCUT2D eigenvalue weighted by molar-refractivity contribution is -0.142. The minimum atomic E-state index is -0.586. The van der Waals surface area contributed by atoms with E-state index >= 15 is 0 Å². The number of rotatable bonds is 9. The van der Waals surface area contributed by atoms with Crippen molar-refractivity contribution in [2.45, 2.75) is 53.6 Å². The molecule has 0 aromatic heterocycles. The van der Waals surface area contributed by atoms with Gasteiger partial charge in [0, 0.05) is 13.1 Å². The molecule has 2 aromatic rings. The summed E-state index contributed by atoms with van der Waals surface area (Å²) in [5.74, 6) is 0.283. The predicted octanol–water partition coefficient (Wildman–Crippen LogP) is 3.93. The van der Waals surface area contributed by atoms with Crippen LogP contribution in [0.1, 0.15) is 42.5 Å². The van der Waals surface area contributed by atoms with Gasteiger partial charge in [-0.3, -0.25) is 9.59 Å². The third kappa shape index (κ3) is 6.34. The molecule has 0 aliphatic carbocycles. The molecule has 2 amide bonds. The minimum absolute atomic E-state index is 0.111. The van der Waals surface area contributed by atoms with Gasteiger partial charge in [0.25, 0.3) is 5.91 Å². The molecule has 2 rings (SSSR count). The monoisotopic (exact) mass is 396 g/mol. The zero-order valence-corrected chi connectivity index (χ0v) is 18.1. The van der Waals surface area contributed by atoms with Crippen molar-refractivity contribution in [3.8, 4) is 5.75 Å². The molecule has 1 atom stereocenters. The summed E-state index contributed by atoms with van der Waals surface area (Å²) < 4.78 is 5.74. The van der Waals surface area contributed by atoms with E-state index in [0.29, 0.717) is 18.8 Å². The highest BCUT2D eigenvalue weighted by molar-refractivity contribution is 5.88. The standard InChI is InChI=1S/C24H32N2O3/c1-6-13-25-24(28)20(5)26(15-21-10-8-7-9-18(21)3)23(27)16-29-22-12-11-17(2)19(4)14-22/h7-12,14,20H,6,13,15-16H2,1-5H3,(H,25,28)/t20-/m1/s1. The molecule has 0 aliphatic heterocycles. The van der Waals surface area contributed by atoms with Crippen LogP contribution < -0.4 is 10.1 Å². The van der Waals surface area contributed by atoms with E-state index in [2.05, 4.69) is 5.32 Å². The number of carbonyl (C=O) groups excluding carboxylic acids is 2. The van der Waals surface area contributed by atoms with Gasteiger partial charge in [-0.15, -0.1) is 0 Å². The third-order valence-electron chi connectivity index (χ3n) is 5.16. The Labute approximate surface area is 174 Å². The topological polar surface area (TPSA) is 58.6 Å². The lowest BCUT2D eigenvalue weighted by Gasteiger charge is -2.29. The van der Waals surface area contributed by atoms with Gasteiger partial charge in [0.15, 0.2) is 6.61 Å². The largest absolute Gasteiger partial charge is 0.484 e. The average molecular weight is 397 g/mol. The minimum Gasteiger partial charge on any atom is -0.484 e. The number of aryl methyl sites for hydroxylation is 3. The second kappa shape index (κ2) is 10.6. The maximum absolute atomic E-state index is 13.0. The number of hydrogen-bond acceptors (Lipinski definition) is 3. The number of ether oxygens (including phenoxy) is 1. The molecular formula is C24H32N2O3. The number of carbonyl (C=O) groups is 2. The fourth-order valence-corrected chi connectivity index (χ4v) is 2.98. The van der Waals surface area contributed by atoms with Gasteiger partial charge in [-0.1, -0.05) is 37.3 Å². The Morgan fingerprint density at radius 3 is 2.41 bits per heavy atom. The van der Waals surface area contributed by atoms with E-state index in [1.54, 1.807) is 11.8 Å². The van der Waals surface area contributed by atoms with Crippen LogP contribution in [0.3, 0.4) is 0 Å². The van der Waals surface area contributed by atoms with Crippen LogP contribution in [0, 0.1) is 20.8 Å². The van der Waals surface area contributed by atoms with E-state index in [4.69, 9.17) is 4.74 Å². The van der Waals surface area contributed by atoms with E-state index < -0.39 is 6.04 Å². The van der Waals surface area contributed by atoms with Crippen LogP contribution in [-0.4, -0.2) is 35.9 Å². The molecule has 0 radical (unpaired) electrons. The maximum atomic E-state index is 13.0. The fraction of sp³-hybridized carbons (Fsp3) is 0.417. The van der Waals surface area contributed by atoms with Crippen LogP contribution in [-0.2, 0) is 16.1 Å². The highest BCUT2D eigenvalue weighted by atomic mass is 16.5. The summed E-state index contributed by atoms with van der Waals surface area (Å²) in [6.45, 7) is 10.7. The van der Waals surface area contributed by atoms with Crippen LogP contribution >= 0.6 is 0 Å². The highest BCUT2D eigenvalue weighted by Gasteiger charge is 2.26. The normalized spacial score (nSPS) is 11.6. The summed E-state index contributed by atoms with van der Waals surface area (Å²) in [7, 11) is 0. The van der Waals surface area contributed by atoms with Gasteiger partial charge in [0.05, 0.1) is 0 Å². The molecule has 0 fully saturated rings. The van der Waals surface area contributed by atoms with Gasteiger partial charge >= 0.3 is 0 Å². The summed E-state index contributed by atoms with van der Waals surface area (Å²) in [6.07, 6.45) is 0.847. The first-order valence-corrected chi connectivity index (χ1v) is 10.1. The second-order valence-corrected chi connectivity index (χ2v) is 7.45. The van der Waals surface area contributed by atoms with Crippen LogP contribution in [0.4, 0.5) is 0 Å². The molecule has 5 nitrogen and oxygen atoms in total. The Hall–Kier alpha value is -2.82. The number of hydrogen-bond donors (Lipinski definition) is 1. The number of nitrogens with one attached hydrogen (secondary N) is 1. The van der Waals surface area contributed by atoms with Crippen molar-refractivity contribution < 1.29 is 14.3 Å². The van der Waals surface area contributed by atoms with Crippen molar-refractivity contribution in [2.24, 2.45) is 0 Å². The summed E-state index contributed by atoms with van der Waals surface area (Å²) in [5, 5.41) is 2.88. The molecule has 0 aliphatic rings. The zero-order chi connectivity index (χ0) is 21.4. The Bertz CT molecular complexity index is 848. The Morgan fingerprint density at radius 2 is 1.76 bits per heavy atom. The molecule has 0 saturated heterocycles. The Balaban J connectivity index is 2.15. The van der Waals surface area contributed by atoms with E-state index in [0.717, 1.165) is 23.1 Å². The van der Waals surface area contributed by atoms with Gasteiger partial charge in [0.1, 0.15) is 11.8 Å². The van der Waals surface area contributed by atoms with Crippen molar-refractivity contribution in [3.05, 3.63) is 64.7 Å². The van der Waals surface area contributed by atoms with Gasteiger partial charge < -0.3 is 15.0 Å². The SMILES string of the molecule is CCCNC(=O)[C@@H](C)N(Cc1ccccc1C)C(=O)COc1ccc(C)c(C)c1. The zero-order valence-electron chi connectivity index (χ0n) is 18.1. The van der Waals surface area contributed by atoms with Crippen molar-refractivity contribution in [1.82, 2.24) is 10.2 Å². The molecule has 0 unspecified atom stereocenters. The first kappa shape index (κ1) is 22.5. The average Bonchev–Trinajstić information content (AvgIpc) is 2.71. The van der Waals surface area contributed by atoms with Crippen LogP contribution in [0.2, 0.25) is 0 Å². The molecule has 156 valence electrons. The number of benzene rings is 2. The van der Waals surface area contributed by atoms with E-state index in [1.807, 2.05) is 70.2 Å². The first-order chi connectivity index (χ1) is 13.8. The molecule has 5 heteroatoms. The van der Waals surface area contributed by atoms with Gasteiger partial charge in [0.2, 0.25) is 5.91 Å². The highest BCUT2D eigenvalue weighted by Crippen LogP contribution is 2.18. The molecule has 29 heavy (non-hydrogen) atoms. The smallest absolute Gasteiger partial charge is 0.261 e. The Morgan fingerprint density at radius 1 is 1.03 bits per heavy atom. The van der Waals surface area contributed by atoms with Gasteiger partial charge in [-0.05, 0) is 68.5 Å². The summed E-state index contributed by atoms with van der Waals surface area (Å²) in [4.78, 5) is 27.1. The third-order valence-corrected chi connectivity index (χ3v) is 5.16. The Kier molecular flexibility index (Phi) is 8.25. The van der Waals surface area contributed by atoms with E-state index in [1.165, 1.54) is 5.56 Å². The van der Waals surface area contributed by atoms with Crippen LogP contribution in [0.5, 0.6) is 5.75 Å². The summed E-state index contributed by atoms with van der Waals surface area (Å²) >= 11 is 0. The molecule has 1 N–H and O–H groups in total. The summed E-state index contributed by atoms with van der Waals surface area (Å²) in [5.41, 5.74) is 4.38. The fourth-order valence-electron chi connectivity index (χ4n) is 2.98. The maximum Gasteiger partial charge on any atom is 0.261 e. The van der Waals surface area contributed by atoms with Crippen molar-refractivity contribution in [1.29, 1.82) is 0 Å². The lowest BCUT2D eigenvalue weighted by Crippen LogP contribution is -2.49.